The molecule has 1 aliphatic rings. The normalized spacial score (nSPS) is 23.8. The summed E-state index contributed by atoms with van der Waals surface area (Å²) < 4.78 is 5.87. The van der Waals surface area contributed by atoms with Gasteiger partial charge in [0, 0.05) is 18.6 Å². The lowest BCUT2D eigenvalue weighted by atomic mass is 9.98. The minimum Gasteiger partial charge on any atom is -0.492 e. The van der Waals surface area contributed by atoms with Crippen molar-refractivity contribution in [2.24, 2.45) is 5.73 Å². The zero-order valence-corrected chi connectivity index (χ0v) is 12.8. The third-order valence-electron chi connectivity index (χ3n) is 4.35. The van der Waals surface area contributed by atoms with Crippen LogP contribution in [0.3, 0.4) is 0 Å². The van der Waals surface area contributed by atoms with Crippen molar-refractivity contribution in [1.29, 1.82) is 0 Å². The summed E-state index contributed by atoms with van der Waals surface area (Å²) >= 11 is 0. The number of hydrogen-bond donors (Lipinski definition) is 1. The molecule has 1 aromatic rings. The summed E-state index contributed by atoms with van der Waals surface area (Å²) in [6.07, 6.45) is 4.93. The van der Waals surface area contributed by atoms with Gasteiger partial charge in [-0.2, -0.15) is 0 Å². The van der Waals surface area contributed by atoms with Crippen molar-refractivity contribution in [3.05, 3.63) is 29.8 Å². The number of benzene rings is 1. The summed E-state index contributed by atoms with van der Waals surface area (Å²) in [7, 11) is 0. The van der Waals surface area contributed by atoms with E-state index in [1.165, 1.54) is 24.8 Å². The minimum atomic E-state index is 0.689. The highest BCUT2D eigenvalue weighted by Gasteiger charge is 2.23. The summed E-state index contributed by atoms with van der Waals surface area (Å²) in [5.74, 6) is 0.961. The molecule has 2 atom stereocenters. The molecule has 1 aromatic carbocycles. The van der Waals surface area contributed by atoms with Crippen LogP contribution >= 0.6 is 0 Å². The van der Waals surface area contributed by atoms with Crippen LogP contribution in [0, 0.1) is 0 Å². The largest absolute Gasteiger partial charge is 0.492 e. The van der Waals surface area contributed by atoms with E-state index in [0.717, 1.165) is 25.3 Å². The monoisotopic (exact) mass is 276 g/mol. The van der Waals surface area contributed by atoms with Crippen LogP contribution < -0.4 is 10.5 Å². The Labute approximate surface area is 123 Å². The van der Waals surface area contributed by atoms with E-state index < -0.39 is 0 Å². The van der Waals surface area contributed by atoms with Crippen LogP contribution in [0.15, 0.2) is 24.3 Å². The van der Waals surface area contributed by atoms with Gasteiger partial charge in [0.25, 0.3) is 0 Å². The van der Waals surface area contributed by atoms with Crippen LogP contribution in [0.25, 0.3) is 0 Å². The van der Waals surface area contributed by atoms with Gasteiger partial charge in [-0.1, -0.05) is 18.6 Å². The van der Waals surface area contributed by atoms with Crippen molar-refractivity contribution < 1.29 is 4.74 Å². The molecule has 3 nitrogen and oxygen atoms in total. The van der Waals surface area contributed by atoms with Crippen LogP contribution in [-0.4, -0.2) is 36.7 Å². The Bertz CT molecular complexity index is 380. The maximum Gasteiger partial charge on any atom is 0.119 e. The molecule has 1 aliphatic heterocycles. The maximum absolute atomic E-state index is 5.87. The van der Waals surface area contributed by atoms with Crippen molar-refractivity contribution in [3.63, 3.8) is 0 Å². The smallest absolute Gasteiger partial charge is 0.119 e. The molecule has 0 amide bonds. The number of hydrogen-bond acceptors (Lipinski definition) is 3. The number of likely N-dealkylation sites (tertiary alicyclic amines) is 1. The van der Waals surface area contributed by atoms with Crippen molar-refractivity contribution in [2.75, 3.05) is 19.7 Å². The van der Waals surface area contributed by atoms with Gasteiger partial charge in [-0.3, -0.25) is 4.90 Å². The fraction of sp³-hybridized carbons (Fsp3) is 0.647. The molecule has 2 unspecified atom stereocenters. The molecule has 0 aliphatic carbocycles. The molecule has 0 bridgehead atoms. The number of piperidine rings is 1. The molecule has 112 valence electrons. The zero-order valence-electron chi connectivity index (χ0n) is 12.8. The summed E-state index contributed by atoms with van der Waals surface area (Å²) in [4.78, 5) is 2.58. The van der Waals surface area contributed by atoms with Crippen molar-refractivity contribution in [3.8, 4) is 5.75 Å². The van der Waals surface area contributed by atoms with E-state index in [2.05, 4.69) is 30.9 Å². The van der Waals surface area contributed by atoms with E-state index in [9.17, 15) is 0 Å². The molecule has 1 fully saturated rings. The molecule has 3 heteroatoms. The van der Waals surface area contributed by atoms with Gasteiger partial charge in [0.2, 0.25) is 0 Å². The Morgan fingerprint density at radius 1 is 1.15 bits per heavy atom. The maximum atomic E-state index is 5.87. The van der Waals surface area contributed by atoms with Gasteiger partial charge in [-0.15, -0.1) is 0 Å². The van der Waals surface area contributed by atoms with Crippen LogP contribution in [0.2, 0.25) is 0 Å². The first-order valence-electron chi connectivity index (χ1n) is 7.88. The first-order chi connectivity index (χ1) is 9.70. The van der Waals surface area contributed by atoms with Crippen LogP contribution in [0.1, 0.15) is 38.7 Å². The summed E-state index contributed by atoms with van der Waals surface area (Å²) in [6.45, 7) is 7.15. The molecule has 0 saturated carbocycles. The van der Waals surface area contributed by atoms with Gasteiger partial charge in [0.15, 0.2) is 0 Å². The van der Waals surface area contributed by atoms with Crippen molar-refractivity contribution in [2.45, 2.75) is 51.6 Å². The number of nitrogens with two attached hydrogens (primary N) is 1. The fourth-order valence-corrected chi connectivity index (χ4v) is 3.10. The van der Waals surface area contributed by atoms with E-state index in [1.807, 2.05) is 12.1 Å². The molecule has 0 spiro atoms. The average molecular weight is 276 g/mol. The Morgan fingerprint density at radius 3 is 2.40 bits per heavy atom. The first-order valence-corrected chi connectivity index (χ1v) is 7.88. The van der Waals surface area contributed by atoms with Crippen molar-refractivity contribution >= 4 is 0 Å². The molecule has 0 aromatic heterocycles. The van der Waals surface area contributed by atoms with Crippen LogP contribution in [-0.2, 0) is 6.42 Å². The third kappa shape index (κ3) is 4.22. The highest BCUT2D eigenvalue weighted by molar-refractivity contribution is 5.27. The quantitative estimate of drug-likeness (QED) is 0.868. The Balaban J connectivity index is 1.77. The van der Waals surface area contributed by atoms with Gasteiger partial charge in [-0.25, -0.2) is 0 Å². The first kappa shape index (κ1) is 15.3. The SMILES string of the molecule is CC1CCCC(C)N1CCOc1ccc(CCN)cc1. The van der Waals surface area contributed by atoms with E-state index >= 15 is 0 Å². The van der Waals surface area contributed by atoms with E-state index in [1.54, 1.807) is 0 Å². The summed E-state index contributed by atoms with van der Waals surface area (Å²) in [6, 6.07) is 9.69. The second kappa shape index (κ2) is 7.65. The summed E-state index contributed by atoms with van der Waals surface area (Å²) in [5.41, 5.74) is 6.83. The Kier molecular flexibility index (Phi) is 5.86. The zero-order chi connectivity index (χ0) is 14.4. The highest BCUT2D eigenvalue weighted by Crippen LogP contribution is 2.22. The molecule has 2 rings (SSSR count). The molecule has 2 N–H and O–H groups in total. The summed E-state index contributed by atoms with van der Waals surface area (Å²) in [5, 5.41) is 0. The standard InChI is InChI=1S/C17H28N2O/c1-14-4-3-5-15(2)19(14)12-13-20-17-8-6-16(7-9-17)10-11-18/h6-9,14-15H,3-5,10-13,18H2,1-2H3. The van der Waals surface area contributed by atoms with E-state index in [0.29, 0.717) is 18.6 Å². The average Bonchev–Trinajstić information content (AvgIpc) is 2.44. The van der Waals surface area contributed by atoms with Crippen molar-refractivity contribution in [1.82, 2.24) is 4.90 Å². The van der Waals surface area contributed by atoms with Crippen LogP contribution in [0.5, 0.6) is 5.75 Å². The fourth-order valence-electron chi connectivity index (χ4n) is 3.10. The molecule has 20 heavy (non-hydrogen) atoms. The number of ether oxygens (including phenoxy) is 1. The molecule has 1 saturated heterocycles. The predicted octanol–water partition coefficient (Wildman–Crippen LogP) is 2.83. The van der Waals surface area contributed by atoms with E-state index in [-0.39, 0.29) is 0 Å². The number of rotatable bonds is 6. The van der Waals surface area contributed by atoms with Gasteiger partial charge >= 0.3 is 0 Å². The lowest BCUT2D eigenvalue weighted by Crippen LogP contribution is -2.45. The lowest BCUT2D eigenvalue weighted by molar-refractivity contribution is 0.0851. The number of nitrogens with zero attached hydrogens (tertiary/aromatic N) is 1. The van der Waals surface area contributed by atoms with E-state index in [4.69, 9.17) is 10.5 Å². The Hall–Kier alpha value is -1.06. The van der Waals surface area contributed by atoms with Crippen LogP contribution in [0.4, 0.5) is 0 Å². The molecular weight excluding hydrogens is 248 g/mol. The lowest BCUT2D eigenvalue weighted by Gasteiger charge is -2.38. The predicted molar refractivity (Wildman–Crippen MR) is 84.2 cm³/mol. The van der Waals surface area contributed by atoms with Gasteiger partial charge in [0.05, 0.1) is 0 Å². The topological polar surface area (TPSA) is 38.5 Å². The minimum absolute atomic E-state index is 0.689. The molecule has 0 radical (unpaired) electrons. The molecule has 1 heterocycles. The molecular formula is C17H28N2O. The van der Waals surface area contributed by atoms with Gasteiger partial charge in [-0.05, 0) is 57.4 Å². The second-order valence-corrected chi connectivity index (χ2v) is 5.90. The Morgan fingerprint density at radius 2 is 1.80 bits per heavy atom. The van der Waals surface area contributed by atoms with Gasteiger partial charge < -0.3 is 10.5 Å². The third-order valence-corrected chi connectivity index (χ3v) is 4.35. The second-order valence-electron chi connectivity index (χ2n) is 5.90. The van der Waals surface area contributed by atoms with Gasteiger partial charge in [0.1, 0.15) is 12.4 Å². The highest BCUT2D eigenvalue weighted by atomic mass is 16.5.